The van der Waals surface area contributed by atoms with Crippen LogP contribution in [0.15, 0.2) is 42.6 Å². The molecule has 0 aliphatic heterocycles. The zero-order valence-corrected chi connectivity index (χ0v) is 17.3. The van der Waals surface area contributed by atoms with Gasteiger partial charge >= 0.3 is 0 Å². The lowest BCUT2D eigenvalue weighted by molar-refractivity contribution is 0.102. The Morgan fingerprint density at radius 2 is 1.71 bits per heavy atom. The maximum absolute atomic E-state index is 12.8. The molecule has 0 atom stereocenters. The fraction of sp³-hybridized carbons (Fsp3) is 0.158. The van der Waals surface area contributed by atoms with Crippen LogP contribution in [-0.4, -0.2) is 29.9 Å². The van der Waals surface area contributed by atoms with Crippen LogP contribution in [0.5, 0.6) is 11.5 Å². The molecule has 0 radical (unpaired) electrons. The summed E-state index contributed by atoms with van der Waals surface area (Å²) in [5.41, 5.74) is 1.14. The number of rotatable bonds is 6. The van der Waals surface area contributed by atoms with Crippen LogP contribution in [0.3, 0.4) is 0 Å². The van der Waals surface area contributed by atoms with Crippen molar-refractivity contribution in [3.05, 3.63) is 68.8 Å². The van der Waals surface area contributed by atoms with E-state index < -0.39 is 5.91 Å². The highest BCUT2D eigenvalue weighted by Crippen LogP contribution is 2.30. The number of ether oxygens (including phenoxy) is 2. The third-order valence-corrected chi connectivity index (χ3v) is 4.95. The van der Waals surface area contributed by atoms with Gasteiger partial charge in [-0.05, 0) is 29.8 Å². The number of nitrogens with one attached hydrogen (secondary N) is 1. The van der Waals surface area contributed by atoms with Crippen LogP contribution >= 0.6 is 34.8 Å². The zero-order valence-electron chi connectivity index (χ0n) is 15.0. The number of carbonyl (C=O) groups is 1. The topological polar surface area (TPSA) is 65.4 Å². The summed E-state index contributed by atoms with van der Waals surface area (Å²) in [6, 6.07) is 10.4. The van der Waals surface area contributed by atoms with Crippen LogP contribution in [0.25, 0.3) is 0 Å². The van der Waals surface area contributed by atoms with Crippen LogP contribution in [-0.2, 0) is 6.54 Å². The first-order valence-corrected chi connectivity index (χ1v) is 9.25. The Balaban J connectivity index is 1.82. The van der Waals surface area contributed by atoms with Crippen LogP contribution in [0.1, 0.15) is 15.9 Å². The van der Waals surface area contributed by atoms with Gasteiger partial charge in [-0.25, -0.2) is 0 Å². The highest BCUT2D eigenvalue weighted by Gasteiger charge is 2.20. The molecule has 1 N–H and O–H groups in total. The number of hydrogen-bond acceptors (Lipinski definition) is 4. The highest BCUT2D eigenvalue weighted by molar-refractivity contribution is 6.42. The molecule has 28 heavy (non-hydrogen) atoms. The Hall–Kier alpha value is -2.41. The molecule has 0 aliphatic carbocycles. The quantitative estimate of drug-likeness (QED) is 0.575. The molecule has 1 aromatic heterocycles. The van der Waals surface area contributed by atoms with Crippen molar-refractivity contribution in [2.45, 2.75) is 6.54 Å². The van der Waals surface area contributed by atoms with Gasteiger partial charge in [0.1, 0.15) is 22.1 Å². The standard InChI is InChI=1S/C19H16Cl3N3O3/c1-27-15-4-3-5-16(28-2)17(15)19(26)23-18-14(22)10-25(24-18)9-11-6-7-12(20)13(21)8-11/h3-8,10H,9H2,1-2H3,(H,23,24,26). The van der Waals surface area contributed by atoms with Crippen LogP contribution in [0.4, 0.5) is 5.82 Å². The van der Waals surface area contributed by atoms with Crippen molar-refractivity contribution in [2.75, 3.05) is 19.5 Å². The average molecular weight is 441 g/mol. The number of carbonyl (C=O) groups excluding carboxylic acids is 1. The number of hydrogen-bond donors (Lipinski definition) is 1. The first-order chi connectivity index (χ1) is 13.4. The fourth-order valence-corrected chi connectivity index (χ4v) is 3.15. The molecule has 0 saturated carbocycles. The first kappa shape index (κ1) is 20.3. The highest BCUT2D eigenvalue weighted by atomic mass is 35.5. The molecule has 0 aliphatic rings. The molecule has 0 bridgehead atoms. The minimum Gasteiger partial charge on any atom is -0.496 e. The summed E-state index contributed by atoms with van der Waals surface area (Å²) in [5.74, 6) is 0.530. The summed E-state index contributed by atoms with van der Waals surface area (Å²) in [6.07, 6.45) is 1.61. The Kier molecular flexibility index (Phi) is 6.34. The van der Waals surface area contributed by atoms with E-state index in [2.05, 4.69) is 10.4 Å². The number of halogens is 3. The molecule has 1 amide bonds. The van der Waals surface area contributed by atoms with Crippen LogP contribution < -0.4 is 14.8 Å². The van der Waals surface area contributed by atoms with E-state index in [-0.39, 0.29) is 11.4 Å². The lowest BCUT2D eigenvalue weighted by Crippen LogP contribution is -2.15. The van der Waals surface area contributed by atoms with Crippen molar-refractivity contribution in [3.63, 3.8) is 0 Å². The molecule has 0 saturated heterocycles. The van der Waals surface area contributed by atoms with Crippen molar-refractivity contribution < 1.29 is 14.3 Å². The van der Waals surface area contributed by atoms with Gasteiger partial charge in [0.05, 0.1) is 30.8 Å². The molecule has 6 nitrogen and oxygen atoms in total. The largest absolute Gasteiger partial charge is 0.496 e. The molecular weight excluding hydrogens is 425 g/mol. The second-order valence-corrected chi connectivity index (χ2v) is 6.98. The van der Waals surface area contributed by atoms with E-state index in [1.54, 1.807) is 41.2 Å². The predicted octanol–water partition coefficient (Wildman–Crippen LogP) is 5.16. The first-order valence-electron chi connectivity index (χ1n) is 8.12. The number of nitrogens with zero attached hydrogens (tertiary/aromatic N) is 2. The second-order valence-electron chi connectivity index (χ2n) is 5.76. The molecule has 9 heteroatoms. The lowest BCUT2D eigenvalue weighted by atomic mass is 10.1. The van der Waals surface area contributed by atoms with Crippen molar-refractivity contribution in [1.29, 1.82) is 0 Å². The summed E-state index contributed by atoms with van der Waals surface area (Å²) in [5, 5.41) is 8.24. The van der Waals surface area contributed by atoms with Gasteiger partial charge in [-0.1, -0.05) is 46.9 Å². The third-order valence-electron chi connectivity index (χ3n) is 3.93. The molecular formula is C19H16Cl3N3O3. The molecule has 0 unspecified atom stereocenters. The minimum absolute atomic E-state index is 0.222. The van der Waals surface area contributed by atoms with E-state index in [4.69, 9.17) is 44.3 Å². The maximum atomic E-state index is 12.8. The predicted molar refractivity (Wildman–Crippen MR) is 110 cm³/mol. The Morgan fingerprint density at radius 3 is 2.32 bits per heavy atom. The zero-order chi connectivity index (χ0) is 20.3. The van der Waals surface area contributed by atoms with Crippen molar-refractivity contribution in [3.8, 4) is 11.5 Å². The molecule has 146 valence electrons. The van der Waals surface area contributed by atoms with Gasteiger partial charge in [-0.15, -0.1) is 0 Å². The van der Waals surface area contributed by atoms with Crippen LogP contribution in [0, 0.1) is 0 Å². The second kappa shape index (κ2) is 8.73. The Morgan fingerprint density at radius 1 is 1.04 bits per heavy atom. The fourth-order valence-electron chi connectivity index (χ4n) is 2.63. The summed E-state index contributed by atoms with van der Waals surface area (Å²) in [4.78, 5) is 12.8. The normalized spacial score (nSPS) is 10.6. The van der Waals surface area contributed by atoms with E-state index in [9.17, 15) is 4.79 Å². The van der Waals surface area contributed by atoms with E-state index >= 15 is 0 Å². The minimum atomic E-state index is -0.448. The van der Waals surface area contributed by atoms with Crippen molar-refractivity contribution >= 4 is 46.5 Å². The van der Waals surface area contributed by atoms with Gasteiger partial charge in [0, 0.05) is 6.20 Å². The van der Waals surface area contributed by atoms with E-state index in [0.29, 0.717) is 33.1 Å². The average Bonchev–Trinajstić information content (AvgIpc) is 3.02. The van der Waals surface area contributed by atoms with Gasteiger partial charge < -0.3 is 14.8 Å². The van der Waals surface area contributed by atoms with Gasteiger partial charge in [-0.2, -0.15) is 5.10 Å². The summed E-state index contributed by atoms with van der Waals surface area (Å²) in [6.45, 7) is 0.407. The van der Waals surface area contributed by atoms with Gasteiger partial charge in [-0.3, -0.25) is 9.48 Å². The monoisotopic (exact) mass is 439 g/mol. The number of benzene rings is 2. The Bertz CT molecular complexity index is 999. The lowest BCUT2D eigenvalue weighted by Gasteiger charge is -2.12. The summed E-state index contributed by atoms with van der Waals surface area (Å²) < 4.78 is 12.1. The third kappa shape index (κ3) is 4.35. The van der Waals surface area contributed by atoms with Crippen molar-refractivity contribution in [2.24, 2.45) is 0 Å². The molecule has 2 aromatic carbocycles. The number of anilines is 1. The molecule has 1 heterocycles. The van der Waals surface area contributed by atoms with Gasteiger partial charge in [0.25, 0.3) is 5.91 Å². The van der Waals surface area contributed by atoms with Gasteiger partial charge in [0.2, 0.25) is 0 Å². The Labute approximate surface area is 176 Å². The molecule has 3 rings (SSSR count). The molecule has 0 spiro atoms. The SMILES string of the molecule is COc1cccc(OC)c1C(=O)Nc1nn(Cc2ccc(Cl)c(Cl)c2)cc1Cl. The summed E-state index contributed by atoms with van der Waals surface area (Å²) >= 11 is 18.2. The van der Waals surface area contributed by atoms with E-state index in [1.807, 2.05) is 6.07 Å². The van der Waals surface area contributed by atoms with Gasteiger partial charge in [0.15, 0.2) is 5.82 Å². The van der Waals surface area contributed by atoms with Crippen molar-refractivity contribution in [1.82, 2.24) is 9.78 Å². The van der Waals surface area contributed by atoms with E-state index in [0.717, 1.165) is 5.56 Å². The number of aromatic nitrogens is 2. The summed E-state index contributed by atoms with van der Waals surface area (Å²) in [7, 11) is 2.95. The molecule has 0 fully saturated rings. The van der Waals surface area contributed by atoms with Crippen LogP contribution in [0.2, 0.25) is 15.1 Å². The number of amides is 1. The molecule has 3 aromatic rings. The smallest absolute Gasteiger partial charge is 0.264 e. The maximum Gasteiger partial charge on any atom is 0.264 e. The number of methoxy groups -OCH3 is 2. The van der Waals surface area contributed by atoms with E-state index in [1.165, 1.54) is 14.2 Å².